The van der Waals surface area contributed by atoms with Gasteiger partial charge in [-0.3, -0.25) is 14.5 Å². The highest BCUT2D eigenvalue weighted by atomic mass is 16.3. The van der Waals surface area contributed by atoms with Gasteiger partial charge in [-0.1, -0.05) is 54.6 Å². The Hall–Kier alpha value is -3.38. The summed E-state index contributed by atoms with van der Waals surface area (Å²) in [5.74, 6) is 0.417. The summed E-state index contributed by atoms with van der Waals surface area (Å²) in [6.07, 6.45) is 1.69. The molecule has 2 amide bonds. The molecule has 1 atom stereocenters. The summed E-state index contributed by atoms with van der Waals surface area (Å²) < 4.78 is 5.23. The normalized spacial score (nSPS) is 16.8. The van der Waals surface area contributed by atoms with E-state index in [1.165, 1.54) is 5.56 Å². The van der Waals surface area contributed by atoms with Gasteiger partial charge < -0.3 is 15.1 Å². The maximum absolute atomic E-state index is 12.5. The van der Waals surface area contributed by atoms with Crippen LogP contribution in [0.4, 0.5) is 0 Å². The highest BCUT2D eigenvalue weighted by molar-refractivity contribution is 5.88. The fourth-order valence-electron chi connectivity index (χ4n) is 3.69. The van der Waals surface area contributed by atoms with Crippen molar-refractivity contribution in [2.75, 3.05) is 13.1 Å². The maximum Gasteiger partial charge on any atom is 0.237 e. The van der Waals surface area contributed by atoms with Gasteiger partial charge in [-0.15, -0.1) is 0 Å². The van der Waals surface area contributed by atoms with E-state index in [9.17, 15) is 9.59 Å². The third kappa shape index (κ3) is 4.96. The highest BCUT2D eigenvalue weighted by Crippen LogP contribution is 2.21. The lowest BCUT2D eigenvalue weighted by atomic mass is 10.0. The molecule has 0 bridgehead atoms. The van der Waals surface area contributed by atoms with Crippen molar-refractivity contribution in [2.24, 2.45) is 0 Å². The van der Waals surface area contributed by atoms with Crippen LogP contribution in [-0.2, 0) is 22.7 Å². The van der Waals surface area contributed by atoms with Gasteiger partial charge in [0.2, 0.25) is 11.8 Å². The molecule has 2 heterocycles. The van der Waals surface area contributed by atoms with Gasteiger partial charge in [0.05, 0.1) is 25.3 Å². The standard InChI is InChI=1S/C24H25N3O3/c28-23(26-16-21-7-4-14-30-21)15-22-24(29)25-12-13-27(22)17-18-8-10-20(11-9-18)19-5-2-1-3-6-19/h1-11,14,22H,12-13,15-17H2,(H,25,29)(H,26,28)/t22-/m0/s1. The van der Waals surface area contributed by atoms with Crippen LogP contribution in [0.25, 0.3) is 11.1 Å². The molecule has 30 heavy (non-hydrogen) atoms. The molecule has 154 valence electrons. The van der Waals surface area contributed by atoms with Crippen molar-refractivity contribution < 1.29 is 14.0 Å². The molecular weight excluding hydrogens is 378 g/mol. The summed E-state index contributed by atoms with van der Waals surface area (Å²) >= 11 is 0. The molecule has 0 spiro atoms. The zero-order valence-corrected chi connectivity index (χ0v) is 16.7. The van der Waals surface area contributed by atoms with Crippen LogP contribution >= 0.6 is 0 Å². The van der Waals surface area contributed by atoms with Crippen molar-refractivity contribution in [3.63, 3.8) is 0 Å². The molecule has 6 nitrogen and oxygen atoms in total. The molecule has 2 aromatic carbocycles. The lowest BCUT2D eigenvalue weighted by Gasteiger charge is -2.34. The molecule has 0 saturated carbocycles. The van der Waals surface area contributed by atoms with E-state index >= 15 is 0 Å². The Kier molecular flexibility index (Phi) is 6.25. The SMILES string of the molecule is O=C(C[C@H]1C(=O)NCCN1Cc1ccc(-c2ccccc2)cc1)NCc1ccco1. The van der Waals surface area contributed by atoms with Crippen LogP contribution in [0.2, 0.25) is 0 Å². The van der Waals surface area contributed by atoms with Crippen molar-refractivity contribution in [3.05, 3.63) is 84.3 Å². The van der Waals surface area contributed by atoms with Gasteiger partial charge in [0.1, 0.15) is 5.76 Å². The van der Waals surface area contributed by atoms with Crippen molar-refractivity contribution in [1.82, 2.24) is 15.5 Å². The monoisotopic (exact) mass is 403 g/mol. The molecule has 0 unspecified atom stereocenters. The Morgan fingerprint density at radius 3 is 2.53 bits per heavy atom. The minimum absolute atomic E-state index is 0.102. The summed E-state index contributed by atoms with van der Waals surface area (Å²) in [6.45, 7) is 2.24. The van der Waals surface area contributed by atoms with Crippen LogP contribution in [0.3, 0.4) is 0 Å². The van der Waals surface area contributed by atoms with Crippen molar-refractivity contribution in [3.8, 4) is 11.1 Å². The fraction of sp³-hybridized carbons (Fsp3) is 0.250. The number of piperazine rings is 1. The Balaban J connectivity index is 1.38. The number of benzene rings is 2. The number of amides is 2. The van der Waals surface area contributed by atoms with Gasteiger partial charge in [0.15, 0.2) is 0 Å². The summed E-state index contributed by atoms with van der Waals surface area (Å²) in [5, 5.41) is 5.70. The van der Waals surface area contributed by atoms with Crippen molar-refractivity contribution in [2.45, 2.75) is 25.6 Å². The molecule has 1 fully saturated rings. The first-order valence-electron chi connectivity index (χ1n) is 10.1. The first-order valence-corrected chi connectivity index (χ1v) is 10.1. The predicted octanol–water partition coefficient (Wildman–Crippen LogP) is 2.95. The number of nitrogens with one attached hydrogen (secondary N) is 2. The third-order valence-electron chi connectivity index (χ3n) is 5.31. The topological polar surface area (TPSA) is 74.6 Å². The van der Waals surface area contributed by atoms with Crippen molar-refractivity contribution in [1.29, 1.82) is 0 Å². The second kappa shape index (κ2) is 9.41. The van der Waals surface area contributed by atoms with Crippen LogP contribution in [-0.4, -0.2) is 35.8 Å². The summed E-state index contributed by atoms with van der Waals surface area (Å²) in [6, 6.07) is 21.7. The molecular formula is C24H25N3O3. The van der Waals surface area contributed by atoms with E-state index in [1.54, 1.807) is 18.4 Å². The quantitative estimate of drug-likeness (QED) is 0.636. The molecule has 3 aromatic rings. The van der Waals surface area contributed by atoms with Gasteiger partial charge in [-0.05, 0) is 28.8 Å². The number of carbonyl (C=O) groups excluding carboxylic acids is 2. The molecule has 1 aliphatic heterocycles. The largest absolute Gasteiger partial charge is 0.467 e. The Morgan fingerprint density at radius 1 is 1.03 bits per heavy atom. The van der Waals surface area contributed by atoms with Crippen LogP contribution in [0, 0.1) is 0 Å². The number of furan rings is 1. The summed E-state index contributed by atoms with van der Waals surface area (Å²) in [4.78, 5) is 26.9. The van der Waals surface area contributed by atoms with E-state index < -0.39 is 6.04 Å². The minimum Gasteiger partial charge on any atom is -0.467 e. The second-order valence-corrected chi connectivity index (χ2v) is 7.40. The molecule has 1 aliphatic rings. The van der Waals surface area contributed by atoms with Gasteiger partial charge >= 0.3 is 0 Å². The van der Waals surface area contributed by atoms with Crippen LogP contribution in [0.1, 0.15) is 17.7 Å². The van der Waals surface area contributed by atoms with E-state index in [0.29, 0.717) is 31.9 Å². The van der Waals surface area contributed by atoms with Crippen molar-refractivity contribution >= 4 is 11.8 Å². The lowest BCUT2D eigenvalue weighted by molar-refractivity contribution is -0.134. The fourth-order valence-corrected chi connectivity index (χ4v) is 3.69. The number of nitrogens with zero attached hydrogens (tertiary/aromatic N) is 1. The Morgan fingerprint density at radius 2 is 1.80 bits per heavy atom. The number of hydrogen-bond donors (Lipinski definition) is 2. The minimum atomic E-state index is -0.482. The van der Waals surface area contributed by atoms with E-state index in [0.717, 1.165) is 11.1 Å². The van der Waals surface area contributed by atoms with Crippen LogP contribution < -0.4 is 10.6 Å². The second-order valence-electron chi connectivity index (χ2n) is 7.40. The zero-order chi connectivity index (χ0) is 20.8. The molecule has 1 aromatic heterocycles. The van der Waals surface area contributed by atoms with Crippen LogP contribution in [0.5, 0.6) is 0 Å². The van der Waals surface area contributed by atoms with E-state index in [1.807, 2.05) is 18.2 Å². The average Bonchev–Trinajstić information content (AvgIpc) is 3.30. The molecule has 4 rings (SSSR count). The highest BCUT2D eigenvalue weighted by Gasteiger charge is 2.31. The third-order valence-corrected chi connectivity index (χ3v) is 5.31. The number of rotatable bonds is 7. The summed E-state index contributed by atoms with van der Waals surface area (Å²) in [7, 11) is 0. The summed E-state index contributed by atoms with van der Waals surface area (Å²) in [5.41, 5.74) is 3.45. The lowest BCUT2D eigenvalue weighted by Crippen LogP contribution is -2.56. The Labute approximate surface area is 175 Å². The first-order chi connectivity index (χ1) is 14.7. The van der Waals surface area contributed by atoms with Gasteiger partial charge in [-0.2, -0.15) is 0 Å². The molecule has 1 saturated heterocycles. The van der Waals surface area contributed by atoms with E-state index in [4.69, 9.17) is 4.42 Å². The zero-order valence-electron chi connectivity index (χ0n) is 16.7. The van der Waals surface area contributed by atoms with E-state index in [-0.39, 0.29) is 18.2 Å². The maximum atomic E-state index is 12.5. The average molecular weight is 403 g/mol. The predicted molar refractivity (Wildman–Crippen MR) is 114 cm³/mol. The first kappa shape index (κ1) is 19.9. The van der Waals surface area contributed by atoms with Gasteiger partial charge in [-0.25, -0.2) is 0 Å². The van der Waals surface area contributed by atoms with Gasteiger partial charge in [0.25, 0.3) is 0 Å². The molecule has 6 heteroatoms. The van der Waals surface area contributed by atoms with Gasteiger partial charge in [0, 0.05) is 19.6 Å². The van der Waals surface area contributed by atoms with Crippen LogP contribution in [0.15, 0.2) is 77.4 Å². The molecule has 2 N–H and O–H groups in total. The number of hydrogen-bond acceptors (Lipinski definition) is 4. The smallest absolute Gasteiger partial charge is 0.237 e. The number of carbonyl (C=O) groups is 2. The molecule has 0 radical (unpaired) electrons. The van der Waals surface area contributed by atoms with E-state index in [2.05, 4.69) is 51.9 Å². The Bertz CT molecular complexity index is 969. The molecule has 0 aliphatic carbocycles.